The van der Waals surface area contributed by atoms with Crippen molar-refractivity contribution in [2.45, 2.75) is 18.7 Å². The molecule has 0 radical (unpaired) electrons. The molecule has 4 nitrogen and oxygen atoms in total. The van der Waals surface area contributed by atoms with Gasteiger partial charge in [0, 0.05) is 22.0 Å². The van der Waals surface area contributed by atoms with Crippen molar-refractivity contribution in [2.24, 2.45) is 5.10 Å². The van der Waals surface area contributed by atoms with Crippen molar-refractivity contribution >= 4 is 21.6 Å². The Labute approximate surface area is 188 Å². The zero-order valence-electron chi connectivity index (χ0n) is 16.7. The minimum atomic E-state index is -0.424. The molecule has 0 N–H and O–H groups in total. The second-order valence-corrected chi connectivity index (χ2v) is 8.39. The fourth-order valence-electron chi connectivity index (χ4n) is 3.98. The number of halogens is 2. The first-order valence-corrected chi connectivity index (χ1v) is 10.8. The van der Waals surface area contributed by atoms with E-state index in [1.807, 2.05) is 41.4 Å². The van der Waals surface area contributed by atoms with Gasteiger partial charge in [-0.15, -0.1) is 0 Å². The van der Waals surface area contributed by atoms with Crippen LogP contribution >= 0.6 is 15.9 Å². The van der Waals surface area contributed by atoms with E-state index < -0.39 is 6.23 Å². The first-order chi connectivity index (χ1) is 15.1. The normalized spacial score (nSPS) is 19.2. The molecule has 2 heterocycles. The van der Waals surface area contributed by atoms with Crippen LogP contribution in [-0.2, 0) is 0 Å². The van der Waals surface area contributed by atoms with Crippen LogP contribution < -0.4 is 9.47 Å². The lowest BCUT2D eigenvalue weighted by molar-refractivity contribution is -0.0191. The lowest BCUT2D eigenvalue weighted by Crippen LogP contribution is -2.33. The second kappa shape index (κ2) is 8.19. The standard InChI is InChI=1S/C25H20BrFN2O2/c1-2-13-30-20-10-5-16(6-11-20)22-15-23-21-14-18(26)7-12-24(21)31-25(29(23)28-22)17-3-8-19(27)9-4-17/h2-12,14,23,25H,1,13,15H2/t23-,25-/m1/s1. The van der Waals surface area contributed by atoms with Crippen molar-refractivity contribution in [3.8, 4) is 11.5 Å². The van der Waals surface area contributed by atoms with Crippen molar-refractivity contribution in [1.29, 1.82) is 0 Å². The highest BCUT2D eigenvalue weighted by Crippen LogP contribution is 2.48. The molecular formula is C25H20BrFN2O2. The van der Waals surface area contributed by atoms with Crippen molar-refractivity contribution in [3.63, 3.8) is 0 Å². The Hall–Kier alpha value is -3.12. The van der Waals surface area contributed by atoms with Crippen molar-refractivity contribution in [1.82, 2.24) is 5.01 Å². The molecule has 0 aliphatic carbocycles. The van der Waals surface area contributed by atoms with E-state index in [-0.39, 0.29) is 11.9 Å². The Morgan fingerprint density at radius 3 is 2.65 bits per heavy atom. The number of benzene rings is 3. The van der Waals surface area contributed by atoms with Crippen molar-refractivity contribution in [2.75, 3.05) is 6.61 Å². The third-order valence-electron chi connectivity index (χ3n) is 5.46. The quantitative estimate of drug-likeness (QED) is 0.398. The number of nitrogens with zero attached hydrogens (tertiary/aromatic N) is 2. The van der Waals surface area contributed by atoms with E-state index in [2.05, 4.69) is 28.6 Å². The third kappa shape index (κ3) is 3.83. The summed E-state index contributed by atoms with van der Waals surface area (Å²) in [7, 11) is 0. The molecule has 2 atom stereocenters. The molecule has 0 unspecified atom stereocenters. The molecule has 2 aliphatic heterocycles. The van der Waals surface area contributed by atoms with Gasteiger partial charge in [0.2, 0.25) is 6.23 Å². The Kier molecular flexibility index (Phi) is 5.24. The van der Waals surface area contributed by atoms with Crippen LogP contribution in [0.1, 0.15) is 35.4 Å². The Morgan fingerprint density at radius 2 is 1.90 bits per heavy atom. The van der Waals surface area contributed by atoms with Crippen LogP contribution in [0, 0.1) is 5.82 Å². The van der Waals surface area contributed by atoms with Gasteiger partial charge in [-0.1, -0.05) is 40.7 Å². The Bertz CT molecular complexity index is 1150. The summed E-state index contributed by atoms with van der Waals surface area (Å²) in [6.45, 7) is 4.14. The maximum Gasteiger partial charge on any atom is 0.213 e. The van der Waals surface area contributed by atoms with Gasteiger partial charge in [0.15, 0.2) is 0 Å². The molecule has 2 aliphatic rings. The summed E-state index contributed by atoms with van der Waals surface area (Å²) in [5.74, 6) is 1.34. The Balaban J connectivity index is 1.51. The molecule has 0 fully saturated rings. The molecule has 3 aromatic rings. The fraction of sp³-hybridized carbons (Fsp3) is 0.160. The molecule has 0 amide bonds. The minimum absolute atomic E-state index is 0.0306. The van der Waals surface area contributed by atoms with Crippen LogP contribution in [0.5, 0.6) is 11.5 Å². The smallest absolute Gasteiger partial charge is 0.213 e. The highest BCUT2D eigenvalue weighted by molar-refractivity contribution is 9.10. The van der Waals surface area contributed by atoms with Crippen LogP contribution in [0.15, 0.2) is 89.0 Å². The van der Waals surface area contributed by atoms with E-state index in [4.69, 9.17) is 14.6 Å². The zero-order valence-corrected chi connectivity index (χ0v) is 18.3. The molecule has 6 heteroatoms. The van der Waals surface area contributed by atoms with Gasteiger partial charge in [0.05, 0.1) is 11.8 Å². The van der Waals surface area contributed by atoms with E-state index in [9.17, 15) is 4.39 Å². The predicted molar refractivity (Wildman–Crippen MR) is 122 cm³/mol. The van der Waals surface area contributed by atoms with E-state index in [1.54, 1.807) is 18.2 Å². The van der Waals surface area contributed by atoms with Gasteiger partial charge in [-0.3, -0.25) is 0 Å². The summed E-state index contributed by atoms with van der Waals surface area (Å²) < 4.78 is 26.4. The van der Waals surface area contributed by atoms with E-state index in [1.165, 1.54) is 12.1 Å². The highest BCUT2D eigenvalue weighted by Gasteiger charge is 2.41. The van der Waals surface area contributed by atoms with Crippen LogP contribution in [0.3, 0.4) is 0 Å². The van der Waals surface area contributed by atoms with Gasteiger partial charge in [0.25, 0.3) is 0 Å². The molecule has 0 saturated carbocycles. The molecule has 0 spiro atoms. The second-order valence-electron chi connectivity index (χ2n) is 7.47. The van der Waals surface area contributed by atoms with Crippen LogP contribution in [0.4, 0.5) is 4.39 Å². The minimum Gasteiger partial charge on any atom is -0.490 e. The molecule has 0 aromatic heterocycles. The van der Waals surface area contributed by atoms with Gasteiger partial charge in [-0.05, 0) is 60.2 Å². The fourth-order valence-corrected chi connectivity index (χ4v) is 4.36. The number of hydrogen-bond donors (Lipinski definition) is 0. The largest absolute Gasteiger partial charge is 0.490 e. The maximum absolute atomic E-state index is 13.5. The summed E-state index contributed by atoms with van der Waals surface area (Å²) in [4.78, 5) is 0. The van der Waals surface area contributed by atoms with Crippen LogP contribution in [-0.4, -0.2) is 17.3 Å². The van der Waals surface area contributed by atoms with Gasteiger partial charge in [0.1, 0.15) is 23.9 Å². The molecular weight excluding hydrogens is 459 g/mol. The van der Waals surface area contributed by atoms with Gasteiger partial charge < -0.3 is 9.47 Å². The topological polar surface area (TPSA) is 34.1 Å². The Morgan fingerprint density at radius 1 is 1.13 bits per heavy atom. The lowest BCUT2D eigenvalue weighted by Gasteiger charge is -2.38. The monoisotopic (exact) mass is 478 g/mol. The summed E-state index contributed by atoms with van der Waals surface area (Å²) in [5, 5.41) is 6.93. The molecule has 5 rings (SSSR count). The van der Waals surface area contributed by atoms with Crippen molar-refractivity contribution in [3.05, 3.63) is 106 Å². The third-order valence-corrected chi connectivity index (χ3v) is 5.96. The molecule has 0 bridgehead atoms. The highest BCUT2D eigenvalue weighted by atomic mass is 79.9. The van der Waals surface area contributed by atoms with Crippen molar-refractivity contribution < 1.29 is 13.9 Å². The summed E-state index contributed by atoms with van der Waals surface area (Å²) >= 11 is 3.57. The number of fused-ring (bicyclic) bond motifs is 3. The lowest BCUT2D eigenvalue weighted by atomic mass is 9.96. The summed E-state index contributed by atoms with van der Waals surface area (Å²) in [5.41, 5.74) is 3.95. The van der Waals surface area contributed by atoms with E-state index in [0.717, 1.165) is 44.8 Å². The summed E-state index contributed by atoms with van der Waals surface area (Å²) in [6, 6.07) is 20.4. The summed E-state index contributed by atoms with van der Waals surface area (Å²) in [6.07, 6.45) is 2.04. The first kappa shape index (κ1) is 19.8. The van der Waals surface area contributed by atoms with Gasteiger partial charge in [-0.2, -0.15) is 5.10 Å². The predicted octanol–water partition coefficient (Wildman–Crippen LogP) is 6.40. The average Bonchev–Trinajstić information content (AvgIpc) is 3.24. The van der Waals surface area contributed by atoms with Crippen LogP contribution in [0.2, 0.25) is 0 Å². The number of hydrogen-bond acceptors (Lipinski definition) is 4. The molecule has 31 heavy (non-hydrogen) atoms. The maximum atomic E-state index is 13.5. The SMILES string of the molecule is C=CCOc1ccc(C2=NN3[C@H](C2)c2cc(Br)ccc2O[C@@H]3c2ccc(F)cc2)cc1. The number of ether oxygens (including phenoxy) is 2. The number of rotatable bonds is 5. The molecule has 0 saturated heterocycles. The number of hydrazone groups is 1. The zero-order chi connectivity index (χ0) is 21.4. The van der Waals surface area contributed by atoms with Crippen LogP contribution in [0.25, 0.3) is 0 Å². The van der Waals surface area contributed by atoms with E-state index >= 15 is 0 Å². The first-order valence-electron chi connectivity index (χ1n) is 10.0. The average molecular weight is 479 g/mol. The van der Waals surface area contributed by atoms with E-state index in [0.29, 0.717) is 6.61 Å². The molecule has 3 aromatic carbocycles. The van der Waals surface area contributed by atoms with Gasteiger partial charge >= 0.3 is 0 Å². The van der Waals surface area contributed by atoms with Gasteiger partial charge in [-0.25, -0.2) is 9.40 Å². The molecule has 156 valence electrons.